The standard InChI is InChI=1S/C24H24N2O5S/c1-15-6-5-7-21(17(15)3)26-32(29,30)22-14-19(9-8-16(22)2)23(27)25-20-12-10-18(11-13-20)24(28)31-4/h5-14,26H,1-4H3,(H,25,27). The normalized spacial score (nSPS) is 11.0. The van der Waals surface area contributed by atoms with Gasteiger partial charge in [-0.1, -0.05) is 18.2 Å². The highest BCUT2D eigenvalue weighted by Gasteiger charge is 2.20. The van der Waals surface area contributed by atoms with Crippen molar-refractivity contribution in [1.29, 1.82) is 0 Å². The maximum absolute atomic E-state index is 13.1. The van der Waals surface area contributed by atoms with E-state index in [2.05, 4.69) is 14.8 Å². The highest BCUT2D eigenvalue weighted by atomic mass is 32.2. The lowest BCUT2D eigenvalue weighted by Crippen LogP contribution is -2.17. The Labute approximate surface area is 187 Å². The summed E-state index contributed by atoms with van der Waals surface area (Å²) in [6.45, 7) is 5.42. The van der Waals surface area contributed by atoms with Crippen LogP contribution in [0.2, 0.25) is 0 Å². The van der Waals surface area contributed by atoms with Crippen LogP contribution in [0.4, 0.5) is 11.4 Å². The summed E-state index contributed by atoms with van der Waals surface area (Å²) in [5, 5.41) is 2.70. The first-order chi connectivity index (χ1) is 15.1. The second-order valence-corrected chi connectivity index (χ2v) is 9.01. The van der Waals surface area contributed by atoms with Crippen molar-refractivity contribution in [3.8, 4) is 0 Å². The third-order valence-corrected chi connectivity index (χ3v) is 6.66. The predicted octanol–water partition coefficient (Wildman–Crippen LogP) is 4.45. The van der Waals surface area contributed by atoms with Gasteiger partial charge in [-0.05, 0) is 79.9 Å². The molecule has 3 aromatic carbocycles. The van der Waals surface area contributed by atoms with Gasteiger partial charge in [-0.15, -0.1) is 0 Å². The van der Waals surface area contributed by atoms with Gasteiger partial charge in [0.2, 0.25) is 0 Å². The number of benzene rings is 3. The van der Waals surface area contributed by atoms with Gasteiger partial charge in [0, 0.05) is 11.3 Å². The van der Waals surface area contributed by atoms with Crippen molar-refractivity contribution in [3.05, 3.63) is 88.5 Å². The Balaban J connectivity index is 1.85. The Morgan fingerprint density at radius 3 is 2.16 bits per heavy atom. The molecule has 0 fully saturated rings. The van der Waals surface area contributed by atoms with Crippen LogP contribution in [0.25, 0.3) is 0 Å². The van der Waals surface area contributed by atoms with E-state index in [1.165, 1.54) is 25.3 Å². The smallest absolute Gasteiger partial charge is 0.337 e. The third kappa shape index (κ3) is 4.97. The fourth-order valence-electron chi connectivity index (χ4n) is 3.10. The lowest BCUT2D eigenvalue weighted by atomic mass is 10.1. The number of ether oxygens (including phenoxy) is 1. The maximum atomic E-state index is 13.1. The number of sulfonamides is 1. The van der Waals surface area contributed by atoms with Crippen LogP contribution in [0.5, 0.6) is 0 Å². The minimum atomic E-state index is -3.91. The van der Waals surface area contributed by atoms with Gasteiger partial charge in [0.15, 0.2) is 0 Å². The van der Waals surface area contributed by atoms with Crippen molar-refractivity contribution in [1.82, 2.24) is 0 Å². The van der Waals surface area contributed by atoms with E-state index in [-0.39, 0.29) is 10.5 Å². The minimum Gasteiger partial charge on any atom is -0.465 e. The number of rotatable bonds is 6. The molecule has 2 N–H and O–H groups in total. The number of anilines is 2. The quantitative estimate of drug-likeness (QED) is 0.538. The molecule has 0 aliphatic rings. The lowest BCUT2D eigenvalue weighted by molar-refractivity contribution is 0.0600. The summed E-state index contributed by atoms with van der Waals surface area (Å²) < 4.78 is 33.4. The predicted molar refractivity (Wildman–Crippen MR) is 124 cm³/mol. The van der Waals surface area contributed by atoms with E-state index in [1.807, 2.05) is 19.9 Å². The molecule has 0 unspecified atom stereocenters. The summed E-state index contributed by atoms with van der Waals surface area (Å²) in [7, 11) is -2.62. The first-order valence-electron chi connectivity index (χ1n) is 9.82. The average Bonchev–Trinajstić information content (AvgIpc) is 2.77. The van der Waals surface area contributed by atoms with Crippen LogP contribution in [0.15, 0.2) is 65.6 Å². The van der Waals surface area contributed by atoms with E-state index in [9.17, 15) is 18.0 Å². The summed E-state index contributed by atoms with van der Waals surface area (Å²) >= 11 is 0. The molecule has 7 nitrogen and oxygen atoms in total. The second kappa shape index (κ2) is 9.23. The molecule has 0 heterocycles. The molecule has 0 spiro atoms. The van der Waals surface area contributed by atoms with Crippen molar-refractivity contribution in [2.24, 2.45) is 0 Å². The molecular weight excluding hydrogens is 428 g/mol. The summed E-state index contributed by atoms with van der Waals surface area (Å²) in [6, 6.07) is 16.1. The number of hydrogen-bond donors (Lipinski definition) is 2. The van der Waals surface area contributed by atoms with Gasteiger partial charge in [-0.2, -0.15) is 0 Å². The molecule has 0 aromatic heterocycles. The van der Waals surface area contributed by atoms with Crippen LogP contribution in [-0.2, 0) is 14.8 Å². The van der Waals surface area contributed by atoms with Crippen molar-refractivity contribution in [2.45, 2.75) is 25.7 Å². The largest absolute Gasteiger partial charge is 0.465 e. The van der Waals surface area contributed by atoms with Gasteiger partial charge in [0.05, 0.1) is 23.3 Å². The van der Waals surface area contributed by atoms with Crippen LogP contribution < -0.4 is 10.0 Å². The highest BCUT2D eigenvalue weighted by Crippen LogP contribution is 2.25. The monoisotopic (exact) mass is 452 g/mol. The molecule has 0 aliphatic carbocycles. The van der Waals surface area contributed by atoms with Crippen LogP contribution in [0.3, 0.4) is 0 Å². The minimum absolute atomic E-state index is 0.0205. The molecule has 1 amide bonds. The average molecular weight is 453 g/mol. The molecule has 3 aromatic rings. The first-order valence-corrected chi connectivity index (χ1v) is 11.3. The maximum Gasteiger partial charge on any atom is 0.337 e. The van der Waals surface area contributed by atoms with Crippen molar-refractivity contribution < 1.29 is 22.7 Å². The molecule has 0 atom stereocenters. The zero-order valence-corrected chi connectivity index (χ0v) is 19.0. The SMILES string of the molecule is COC(=O)c1ccc(NC(=O)c2ccc(C)c(S(=O)(=O)Nc3cccc(C)c3C)c2)cc1. The number of esters is 1. The molecule has 8 heteroatoms. The second-order valence-electron chi connectivity index (χ2n) is 7.36. The molecule has 32 heavy (non-hydrogen) atoms. The lowest BCUT2D eigenvalue weighted by Gasteiger charge is -2.14. The Morgan fingerprint density at radius 2 is 1.50 bits per heavy atom. The molecule has 0 aliphatic heterocycles. The number of aryl methyl sites for hydroxylation is 2. The van der Waals surface area contributed by atoms with E-state index >= 15 is 0 Å². The van der Waals surface area contributed by atoms with Crippen molar-refractivity contribution in [3.63, 3.8) is 0 Å². The number of methoxy groups -OCH3 is 1. The molecule has 0 saturated carbocycles. The highest BCUT2D eigenvalue weighted by molar-refractivity contribution is 7.92. The fourth-order valence-corrected chi connectivity index (χ4v) is 4.50. The van der Waals surface area contributed by atoms with Gasteiger partial charge in [0.1, 0.15) is 0 Å². The number of amides is 1. The molecule has 0 bridgehead atoms. The fraction of sp³-hybridized carbons (Fsp3) is 0.167. The Hall–Kier alpha value is -3.65. The van der Waals surface area contributed by atoms with E-state index in [1.54, 1.807) is 43.3 Å². The van der Waals surface area contributed by atoms with Gasteiger partial charge >= 0.3 is 5.97 Å². The van der Waals surface area contributed by atoms with Crippen LogP contribution in [0, 0.1) is 20.8 Å². The summed E-state index contributed by atoms with van der Waals surface area (Å²) in [5.41, 5.74) is 3.81. The molecule has 0 saturated heterocycles. The number of carbonyl (C=O) groups excluding carboxylic acids is 2. The van der Waals surface area contributed by atoms with E-state index < -0.39 is 21.9 Å². The number of nitrogens with one attached hydrogen (secondary N) is 2. The molecule has 3 rings (SSSR count). The summed E-state index contributed by atoms with van der Waals surface area (Å²) in [4.78, 5) is 24.3. The van der Waals surface area contributed by atoms with Gasteiger partial charge in [0.25, 0.3) is 15.9 Å². The molecule has 166 valence electrons. The van der Waals surface area contributed by atoms with Crippen LogP contribution in [-0.4, -0.2) is 27.4 Å². The number of carbonyl (C=O) groups is 2. The van der Waals surface area contributed by atoms with Gasteiger partial charge < -0.3 is 10.1 Å². The third-order valence-electron chi connectivity index (χ3n) is 5.15. The van der Waals surface area contributed by atoms with Crippen molar-refractivity contribution >= 4 is 33.3 Å². The van der Waals surface area contributed by atoms with Crippen LogP contribution in [0.1, 0.15) is 37.4 Å². The Kier molecular flexibility index (Phi) is 6.64. The molecular formula is C24H24N2O5S. The molecule has 0 radical (unpaired) electrons. The van der Waals surface area contributed by atoms with E-state index in [4.69, 9.17) is 0 Å². The first kappa shape index (κ1) is 23.0. The Morgan fingerprint density at radius 1 is 0.844 bits per heavy atom. The van der Waals surface area contributed by atoms with Crippen LogP contribution >= 0.6 is 0 Å². The van der Waals surface area contributed by atoms with Gasteiger partial charge in [-0.25, -0.2) is 13.2 Å². The van der Waals surface area contributed by atoms with E-state index in [0.717, 1.165) is 11.1 Å². The summed E-state index contributed by atoms with van der Waals surface area (Å²) in [6.07, 6.45) is 0. The van der Waals surface area contributed by atoms with Gasteiger partial charge in [-0.3, -0.25) is 9.52 Å². The zero-order valence-electron chi connectivity index (χ0n) is 18.2. The zero-order chi connectivity index (χ0) is 23.5. The topological polar surface area (TPSA) is 102 Å². The van der Waals surface area contributed by atoms with Crippen molar-refractivity contribution in [2.75, 3.05) is 17.1 Å². The summed E-state index contributed by atoms with van der Waals surface area (Å²) in [5.74, 6) is -0.952. The van der Waals surface area contributed by atoms with E-state index in [0.29, 0.717) is 22.5 Å². The number of hydrogen-bond acceptors (Lipinski definition) is 5. The Bertz CT molecular complexity index is 1280.